The van der Waals surface area contributed by atoms with Crippen molar-refractivity contribution in [3.8, 4) is 0 Å². The van der Waals surface area contributed by atoms with Gasteiger partial charge in [-0.3, -0.25) is 0 Å². The molecule has 0 aromatic carbocycles. The second kappa shape index (κ2) is 5.00. The standard InChI is InChI=1S/C14H22BFN2O2/c1-9(2)17-11-8-7-10(16)12(18-11)15-19-13(3,4)14(5,6)20-15/h7-9H,1-6H3,(H,17,18). The molecule has 4 nitrogen and oxygen atoms in total. The van der Waals surface area contributed by atoms with Crippen molar-refractivity contribution in [3.05, 3.63) is 17.9 Å². The van der Waals surface area contributed by atoms with E-state index in [4.69, 9.17) is 9.31 Å². The van der Waals surface area contributed by atoms with Crippen LogP contribution in [0.4, 0.5) is 10.2 Å². The number of halogens is 1. The molecule has 110 valence electrons. The average Bonchev–Trinajstić information content (AvgIpc) is 2.50. The maximum absolute atomic E-state index is 14.0. The predicted molar refractivity (Wildman–Crippen MR) is 78.7 cm³/mol. The van der Waals surface area contributed by atoms with E-state index in [0.29, 0.717) is 5.82 Å². The Kier molecular flexibility index (Phi) is 3.82. The third-order valence-corrected chi connectivity index (χ3v) is 3.79. The second-order valence-corrected chi connectivity index (χ2v) is 6.45. The van der Waals surface area contributed by atoms with Gasteiger partial charge in [-0.05, 0) is 53.7 Å². The summed E-state index contributed by atoms with van der Waals surface area (Å²) in [5.74, 6) is 0.198. The molecule has 0 unspecified atom stereocenters. The van der Waals surface area contributed by atoms with Gasteiger partial charge < -0.3 is 14.6 Å². The van der Waals surface area contributed by atoms with Crippen LogP contribution in [0.1, 0.15) is 41.5 Å². The molecule has 1 saturated heterocycles. The molecule has 1 fully saturated rings. The summed E-state index contributed by atoms with van der Waals surface area (Å²) < 4.78 is 25.7. The van der Waals surface area contributed by atoms with Crippen LogP contribution in [-0.4, -0.2) is 29.3 Å². The van der Waals surface area contributed by atoms with Crippen LogP contribution in [0.2, 0.25) is 0 Å². The van der Waals surface area contributed by atoms with E-state index in [1.807, 2.05) is 41.5 Å². The van der Waals surface area contributed by atoms with Gasteiger partial charge in [-0.1, -0.05) is 0 Å². The van der Waals surface area contributed by atoms with Crippen molar-refractivity contribution in [2.45, 2.75) is 58.8 Å². The quantitative estimate of drug-likeness (QED) is 0.863. The zero-order valence-corrected chi connectivity index (χ0v) is 13.0. The summed E-state index contributed by atoms with van der Waals surface area (Å²) in [5, 5.41) is 3.15. The smallest absolute Gasteiger partial charge is 0.398 e. The van der Waals surface area contributed by atoms with Crippen molar-refractivity contribution in [3.63, 3.8) is 0 Å². The molecular weight excluding hydrogens is 258 g/mol. The predicted octanol–water partition coefficient (Wildman–Crippen LogP) is 2.34. The van der Waals surface area contributed by atoms with E-state index in [9.17, 15) is 4.39 Å². The normalized spacial score (nSPS) is 20.5. The molecule has 1 aliphatic rings. The summed E-state index contributed by atoms with van der Waals surface area (Å²) in [6.07, 6.45) is 0. The zero-order valence-electron chi connectivity index (χ0n) is 13.0. The molecule has 0 aliphatic carbocycles. The lowest BCUT2D eigenvalue weighted by atomic mass is 9.83. The average molecular weight is 280 g/mol. The summed E-state index contributed by atoms with van der Waals surface area (Å²) in [5.41, 5.74) is -0.824. The Labute approximate surface area is 120 Å². The van der Waals surface area contributed by atoms with Gasteiger partial charge in [0.05, 0.1) is 11.2 Å². The lowest BCUT2D eigenvalue weighted by molar-refractivity contribution is 0.00578. The minimum absolute atomic E-state index is 0.189. The van der Waals surface area contributed by atoms with E-state index in [0.717, 1.165) is 0 Å². The Balaban J connectivity index is 2.30. The van der Waals surface area contributed by atoms with E-state index in [1.165, 1.54) is 6.07 Å². The van der Waals surface area contributed by atoms with Crippen molar-refractivity contribution < 1.29 is 13.7 Å². The first kappa shape index (κ1) is 15.3. The van der Waals surface area contributed by atoms with Crippen LogP contribution in [-0.2, 0) is 9.31 Å². The number of aromatic nitrogens is 1. The monoisotopic (exact) mass is 280 g/mol. The van der Waals surface area contributed by atoms with E-state index in [1.54, 1.807) is 6.07 Å². The van der Waals surface area contributed by atoms with Gasteiger partial charge in [0.1, 0.15) is 17.2 Å². The van der Waals surface area contributed by atoms with Gasteiger partial charge in [0.15, 0.2) is 0 Å². The number of nitrogens with zero attached hydrogens (tertiary/aromatic N) is 1. The van der Waals surface area contributed by atoms with Gasteiger partial charge in [-0.2, -0.15) is 0 Å². The van der Waals surface area contributed by atoms with E-state index < -0.39 is 24.1 Å². The summed E-state index contributed by atoms with van der Waals surface area (Å²) >= 11 is 0. The molecule has 2 heterocycles. The highest BCUT2D eigenvalue weighted by molar-refractivity contribution is 6.61. The Morgan fingerprint density at radius 1 is 1.15 bits per heavy atom. The highest BCUT2D eigenvalue weighted by atomic mass is 19.1. The van der Waals surface area contributed by atoms with Crippen LogP contribution in [0.5, 0.6) is 0 Å². The minimum atomic E-state index is -0.783. The lowest BCUT2D eigenvalue weighted by Gasteiger charge is -2.32. The third kappa shape index (κ3) is 2.81. The molecule has 0 spiro atoms. The molecule has 0 amide bonds. The summed E-state index contributed by atoms with van der Waals surface area (Å²) in [6.45, 7) is 11.7. The number of hydrogen-bond donors (Lipinski definition) is 1. The van der Waals surface area contributed by atoms with Crippen molar-refractivity contribution in [1.29, 1.82) is 0 Å². The van der Waals surface area contributed by atoms with Crippen molar-refractivity contribution in [2.75, 3.05) is 5.32 Å². The first-order chi connectivity index (χ1) is 9.12. The lowest BCUT2D eigenvalue weighted by Crippen LogP contribution is -2.41. The van der Waals surface area contributed by atoms with Gasteiger partial charge in [0.25, 0.3) is 0 Å². The molecule has 2 rings (SSSR count). The number of hydrogen-bond acceptors (Lipinski definition) is 4. The number of anilines is 1. The summed E-state index contributed by atoms with van der Waals surface area (Å²) in [6, 6.07) is 3.22. The van der Waals surface area contributed by atoms with Gasteiger partial charge in [-0.15, -0.1) is 0 Å². The van der Waals surface area contributed by atoms with Crippen LogP contribution in [0.25, 0.3) is 0 Å². The zero-order chi connectivity index (χ0) is 15.1. The maximum atomic E-state index is 14.0. The molecule has 20 heavy (non-hydrogen) atoms. The van der Waals surface area contributed by atoms with Crippen LogP contribution in [0.15, 0.2) is 12.1 Å². The van der Waals surface area contributed by atoms with Crippen molar-refractivity contribution in [1.82, 2.24) is 4.98 Å². The van der Waals surface area contributed by atoms with Crippen LogP contribution < -0.4 is 10.9 Å². The Bertz CT molecular complexity index is 490. The fourth-order valence-corrected chi connectivity index (χ4v) is 1.95. The molecular formula is C14H22BFN2O2. The van der Waals surface area contributed by atoms with Gasteiger partial charge in [0, 0.05) is 6.04 Å². The Morgan fingerprint density at radius 2 is 1.70 bits per heavy atom. The molecule has 1 aromatic heterocycles. The number of nitrogens with one attached hydrogen (secondary N) is 1. The number of rotatable bonds is 3. The first-order valence-corrected chi connectivity index (χ1v) is 6.91. The van der Waals surface area contributed by atoms with E-state index >= 15 is 0 Å². The van der Waals surface area contributed by atoms with Crippen molar-refractivity contribution >= 4 is 18.5 Å². The number of pyridine rings is 1. The first-order valence-electron chi connectivity index (χ1n) is 6.91. The highest BCUT2D eigenvalue weighted by Gasteiger charge is 2.53. The van der Waals surface area contributed by atoms with Gasteiger partial charge in [0.2, 0.25) is 0 Å². The van der Waals surface area contributed by atoms with Crippen LogP contribution in [0, 0.1) is 5.82 Å². The molecule has 0 bridgehead atoms. The van der Waals surface area contributed by atoms with E-state index in [2.05, 4.69) is 10.3 Å². The Hall–Kier alpha value is -1.14. The van der Waals surface area contributed by atoms with Crippen LogP contribution >= 0.6 is 0 Å². The maximum Gasteiger partial charge on any atom is 0.517 e. The SMILES string of the molecule is CC(C)Nc1ccc(F)c(B2OC(C)(C)C(C)(C)O2)n1. The molecule has 0 radical (unpaired) electrons. The molecule has 6 heteroatoms. The fraction of sp³-hybridized carbons (Fsp3) is 0.643. The fourth-order valence-electron chi connectivity index (χ4n) is 1.95. The summed E-state index contributed by atoms with van der Waals surface area (Å²) in [7, 11) is -0.783. The second-order valence-electron chi connectivity index (χ2n) is 6.45. The van der Waals surface area contributed by atoms with Gasteiger partial charge in [-0.25, -0.2) is 9.37 Å². The van der Waals surface area contributed by atoms with Crippen LogP contribution in [0.3, 0.4) is 0 Å². The minimum Gasteiger partial charge on any atom is -0.398 e. The molecule has 0 saturated carbocycles. The Morgan fingerprint density at radius 3 is 2.20 bits per heavy atom. The molecule has 1 N–H and O–H groups in total. The molecule has 0 atom stereocenters. The third-order valence-electron chi connectivity index (χ3n) is 3.79. The topological polar surface area (TPSA) is 43.4 Å². The van der Waals surface area contributed by atoms with E-state index in [-0.39, 0.29) is 11.6 Å². The molecule has 1 aliphatic heterocycles. The largest absolute Gasteiger partial charge is 0.517 e. The molecule has 1 aromatic rings. The highest BCUT2D eigenvalue weighted by Crippen LogP contribution is 2.36. The van der Waals surface area contributed by atoms with Crippen molar-refractivity contribution in [2.24, 2.45) is 0 Å². The summed E-state index contributed by atoms with van der Waals surface area (Å²) in [4.78, 5) is 4.29. The van der Waals surface area contributed by atoms with Gasteiger partial charge >= 0.3 is 7.12 Å².